The average molecular weight is 440 g/mol. The molecular formula is C23H19F3N4O2. The predicted octanol–water partition coefficient (Wildman–Crippen LogP) is 3.60. The Hall–Kier alpha value is -3.75. The maximum Gasteiger partial charge on any atom is 0.416 e. The molecule has 0 saturated carbocycles. The third-order valence-electron chi connectivity index (χ3n) is 5.10. The summed E-state index contributed by atoms with van der Waals surface area (Å²) in [7, 11) is 0. The van der Waals surface area contributed by atoms with Gasteiger partial charge in [-0.05, 0) is 29.8 Å². The lowest BCUT2D eigenvalue weighted by atomic mass is 10.0. The Kier molecular flexibility index (Phi) is 5.89. The first-order valence-electron chi connectivity index (χ1n) is 9.93. The van der Waals surface area contributed by atoms with Crippen LogP contribution in [-0.2, 0) is 17.4 Å². The highest BCUT2D eigenvalue weighted by Gasteiger charge is 2.30. The van der Waals surface area contributed by atoms with Gasteiger partial charge >= 0.3 is 6.18 Å². The van der Waals surface area contributed by atoms with Crippen LogP contribution in [-0.4, -0.2) is 41.5 Å². The fourth-order valence-electron chi connectivity index (χ4n) is 3.40. The van der Waals surface area contributed by atoms with E-state index >= 15 is 0 Å². The molecular weight excluding hydrogens is 421 g/mol. The first kappa shape index (κ1) is 21.5. The van der Waals surface area contributed by atoms with E-state index in [0.29, 0.717) is 29.7 Å². The van der Waals surface area contributed by atoms with E-state index in [1.807, 2.05) is 6.07 Å². The monoisotopic (exact) mass is 440 g/mol. The molecule has 1 atom stereocenters. The summed E-state index contributed by atoms with van der Waals surface area (Å²) in [5.74, 6) is -0.516. The number of alkyl halides is 3. The predicted molar refractivity (Wildman–Crippen MR) is 113 cm³/mol. The highest BCUT2D eigenvalue weighted by molar-refractivity contribution is 6.18. The molecule has 2 aliphatic rings. The zero-order valence-corrected chi connectivity index (χ0v) is 16.8. The molecule has 4 rings (SSSR count). The number of carbonyl (C=O) groups excluding carboxylic acids is 2. The van der Waals surface area contributed by atoms with Crippen molar-refractivity contribution in [3.05, 3.63) is 83.1 Å². The van der Waals surface area contributed by atoms with Gasteiger partial charge in [-0.2, -0.15) is 13.2 Å². The van der Waals surface area contributed by atoms with Crippen molar-refractivity contribution in [1.82, 2.24) is 10.2 Å². The number of rotatable bonds is 4. The zero-order chi connectivity index (χ0) is 22.7. The van der Waals surface area contributed by atoms with Crippen molar-refractivity contribution >= 4 is 23.7 Å². The van der Waals surface area contributed by atoms with Gasteiger partial charge in [0.25, 0.3) is 5.91 Å². The second-order valence-electron chi connectivity index (χ2n) is 7.36. The summed E-state index contributed by atoms with van der Waals surface area (Å²) in [5.41, 5.74) is 1.66. The maximum absolute atomic E-state index is 12.7. The van der Waals surface area contributed by atoms with Crippen molar-refractivity contribution in [2.45, 2.75) is 25.3 Å². The van der Waals surface area contributed by atoms with Crippen molar-refractivity contribution in [3.63, 3.8) is 0 Å². The zero-order valence-electron chi connectivity index (χ0n) is 16.8. The normalized spacial score (nSPS) is 17.8. The van der Waals surface area contributed by atoms with Crippen LogP contribution in [0, 0.1) is 0 Å². The minimum atomic E-state index is -4.41. The minimum absolute atomic E-state index is 0.0126. The number of aliphatic imine (C=N–C) groups is 2. The minimum Gasteiger partial charge on any atom is -0.318 e. The van der Waals surface area contributed by atoms with Crippen LogP contribution in [0.4, 0.5) is 13.2 Å². The molecule has 9 heteroatoms. The first-order chi connectivity index (χ1) is 15.3. The standard InChI is InChI=1S/C23H19F3N4O2/c24-23(25,26)18-8-6-15(7-9-18)12-20(31)30-11-10-19-17(14-30)13-27-22(28-19)29-21(32)16-4-2-1-3-5-16/h1-9,13-14,22H,10-12H2,(H,29,32). The summed E-state index contributed by atoms with van der Waals surface area (Å²) in [5, 5.41) is 2.74. The van der Waals surface area contributed by atoms with Crippen LogP contribution in [0.1, 0.15) is 27.9 Å². The molecule has 2 aromatic carbocycles. The molecule has 0 spiro atoms. The Labute approximate surface area is 182 Å². The van der Waals surface area contributed by atoms with E-state index in [1.165, 1.54) is 17.0 Å². The highest BCUT2D eigenvalue weighted by Crippen LogP contribution is 2.29. The lowest BCUT2D eigenvalue weighted by molar-refractivity contribution is -0.137. The van der Waals surface area contributed by atoms with Crippen LogP contribution in [0.5, 0.6) is 0 Å². The third kappa shape index (κ3) is 4.93. The van der Waals surface area contributed by atoms with Gasteiger partial charge in [-0.3, -0.25) is 9.59 Å². The van der Waals surface area contributed by atoms with Gasteiger partial charge in [0, 0.05) is 36.5 Å². The molecule has 164 valence electrons. The molecule has 32 heavy (non-hydrogen) atoms. The average Bonchev–Trinajstić information content (AvgIpc) is 2.79. The summed E-state index contributed by atoms with van der Waals surface area (Å²) in [6, 6.07) is 13.3. The number of allylic oxidation sites excluding steroid dienone is 1. The summed E-state index contributed by atoms with van der Waals surface area (Å²) < 4.78 is 38.1. The summed E-state index contributed by atoms with van der Waals surface area (Å²) >= 11 is 0. The van der Waals surface area contributed by atoms with Gasteiger partial charge in [0.1, 0.15) is 0 Å². The summed E-state index contributed by atoms with van der Waals surface area (Å²) in [6.45, 7) is 0.384. The summed E-state index contributed by atoms with van der Waals surface area (Å²) in [4.78, 5) is 35.1. The molecule has 1 N–H and O–H groups in total. The number of nitrogens with zero attached hydrogens (tertiary/aromatic N) is 3. The van der Waals surface area contributed by atoms with Crippen LogP contribution in [0.15, 0.2) is 76.4 Å². The van der Waals surface area contributed by atoms with E-state index in [2.05, 4.69) is 15.3 Å². The molecule has 2 aliphatic heterocycles. The van der Waals surface area contributed by atoms with Crippen LogP contribution in [0.2, 0.25) is 0 Å². The van der Waals surface area contributed by atoms with Gasteiger partial charge in [0.2, 0.25) is 12.2 Å². The van der Waals surface area contributed by atoms with Crippen molar-refractivity contribution in [2.24, 2.45) is 9.98 Å². The molecule has 0 bridgehead atoms. The Balaban J connectivity index is 1.38. The van der Waals surface area contributed by atoms with E-state index in [4.69, 9.17) is 0 Å². The summed E-state index contributed by atoms with van der Waals surface area (Å²) in [6.07, 6.45) is -1.47. The molecule has 0 radical (unpaired) electrons. The van der Waals surface area contributed by atoms with E-state index in [0.717, 1.165) is 17.8 Å². The molecule has 6 nitrogen and oxygen atoms in total. The van der Waals surface area contributed by atoms with Crippen molar-refractivity contribution in [1.29, 1.82) is 0 Å². The lowest BCUT2D eigenvalue weighted by Crippen LogP contribution is -2.39. The number of halogens is 3. The maximum atomic E-state index is 12.7. The van der Waals surface area contributed by atoms with E-state index in [9.17, 15) is 22.8 Å². The van der Waals surface area contributed by atoms with Gasteiger partial charge < -0.3 is 10.2 Å². The molecule has 0 saturated heterocycles. The van der Waals surface area contributed by atoms with Gasteiger partial charge in [-0.1, -0.05) is 30.3 Å². The van der Waals surface area contributed by atoms with Crippen LogP contribution < -0.4 is 5.32 Å². The lowest BCUT2D eigenvalue weighted by Gasteiger charge is -2.27. The Morgan fingerprint density at radius 3 is 2.47 bits per heavy atom. The van der Waals surface area contributed by atoms with Crippen LogP contribution in [0.25, 0.3) is 0 Å². The number of hydrogen-bond acceptors (Lipinski definition) is 4. The van der Waals surface area contributed by atoms with Crippen molar-refractivity contribution in [3.8, 4) is 0 Å². The number of fused-ring (bicyclic) bond motifs is 1. The fourth-order valence-corrected chi connectivity index (χ4v) is 3.40. The Morgan fingerprint density at radius 2 is 1.78 bits per heavy atom. The molecule has 0 fully saturated rings. The highest BCUT2D eigenvalue weighted by atomic mass is 19.4. The quantitative estimate of drug-likeness (QED) is 0.789. The number of hydrogen-bond donors (Lipinski definition) is 1. The van der Waals surface area contributed by atoms with Crippen molar-refractivity contribution < 1.29 is 22.8 Å². The SMILES string of the molecule is O=C(NC1N=CC2=CN(C(=O)Cc3ccc(C(F)(F)F)cc3)CCC2=N1)c1ccccc1. The molecule has 1 unspecified atom stereocenters. The van der Waals surface area contributed by atoms with Gasteiger partial charge in [0.05, 0.1) is 17.7 Å². The second-order valence-corrected chi connectivity index (χ2v) is 7.36. The number of nitrogens with one attached hydrogen (secondary N) is 1. The second kappa shape index (κ2) is 8.78. The van der Waals surface area contributed by atoms with Gasteiger partial charge in [-0.25, -0.2) is 9.98 Å². The van der Waals surface area contributed by atoms with Crippen LogP contribution in [0.3, 0.4) is 0 Å². The number of amides is 2. The number of carbonyl (C=O) groups is 2. The van der Waals surface area contributed by atoms with E-state index in [1.54, 1.807) is 36.7 Å². The Bertz CT molecular complexity index is 1110. The first-order valence-corrected chi connectivity index (χ1v) is 9.93. The Morgan fingerprint density at radius 1 is 1.06 bits per heavy atom. The molecule has 0 aliphatic carbocycles. The van der Waals surface area contributed by atoms with Crippen molar-refractivity contribution in [2.75, 3.05) is 6.54 Å². The van der Waals surface area contributed by atoms with E-state index < -0.39 is 18.0 Å². The van der Waals surface area contributed by atoms with E-state index in [-0.39, 0.29) is 18.2 Å². The van der Waals surface area contributed by atoms with Gasteiger partial charge in [0.15, 0.2) is 0 Å². The fraction of sp³-hybridized carbons (Fsp3) is 0.217. The number of benzene rings is 2. The van der Waals surface area contributed by atoms with Crippen LogP contribution >= 0.6 is 0 Å². The molecule has 2 amide bonds. The molecule has 2 heterocycles. The third-order valence-corrected chi connectivity index (χ3v) is 5.10. The molecule has 2 aromatic rings. The van der Waals surface area contributed by atoms with Gasteiger partial charge in [-0.15, -0.1) is 0 Å². The smallest absolute Gasteiger partial charge is 0.318 e. The topological polar surface area (TPSA) is 74.1 Å². The largest absolute Gasteiger partial charge is 0.416 e. The molecule has 0 aromatic heterocycles.